The number of hydrogen-bond acceptors (Lipinski definition) is 4. The van der Waals surface area contributed by atoms with Crippen molar-refractivity contribution >= 4 is 29.2 Å². The van der Waals surface area contributed by atoms with Gasteiger partial charge in [0.25, 0.3) is 0 Å². The van der Waals surface area contributed by atoms with Crippen LogP contribution in [0.3, 0.4) is 0 Å². The number of nitrogens with zero attached hydrogens (tertiary/aromatic N) is 2. The van der Waals surface area contributed by atoms with Gasteiger partial charge in [-0.15, -0.1) is 0 Å². The van der Waals surface area contributed by atoms with Crippen molar-refractivity contribution in [2.75, 3.05) is 6.61 Å². The molecule has 158 valence electrons. The first-order chi connectivity index (χ1) is 14.1. The van der Waals surface area contributed by atoms with Crippen molar-refractivity contribution < 1.29 is 27.8 Å². The number of hydrogen-bond donors (Lipinski definition) is 0. The number of halogens is 5. The molecular weight excluding hydrogens is 444 g/mol. The van der Waals surface area contributed by atoms with Crippen molar-refractivity contribution in [2.24, 2.45) is 0 Å². The molecule has 0 fully saturated rings. The van der Waals surface area contributed by atoms with Crippen molar-refractivity contribution in [3.8, 4) is 22.7 Å². The highest BCUT2D eigenvalue weighted by atomic mass is 35.5. The molecule has 0 aliphatic rings. The van der Waals surface area contributed by atoms with Gasteiger partial charge in [0.2, 0.25) is 0 Å². The zero-order valence-electron chi connectivity index (χ0n) is 15.5. The quantitative estimate of drug-likeness (QED) is 0.530. The molecule has 0 aliphatic carbocycles. The smallest absolute Gasteiger partial charge is 0.392 e. The first kappa shape index (κ1) is 22.0. The molecule has 3 rings (SSSR count). The fourth-order valence-electron chi connectivity index (χ4n) is 2.85. The van der Waals surface area contributed by atoms with Crippen molar-refractivity contribution in [1.29, 1.82) is 0 Å². The minimum absolute atomic E-state index is 0.247. The Bertz CT molecular complexity index is 1080. The summed E-state index contributed by atoms with van der Waals surface area (Å²) in [5.41, 5.74) is 1.47. The molecule has 0 atom stereocenters. The lowest BCUT2D eigenvalue weighted by Crippen LogP contribution is -2.23. The predicted molar refractivity (Wildman–Crippen MR) is 104 cm³/mol. The van der Waals surface area contributed by atoms with Gasteiger partial charge in [0.1, 0.15) is 11.4 Å². The molecule has 0 radical (unpaired) electrons. The van der Waals surface area contributed by atoms with E-state index >= 15 is 0 Å². The summed E-state index contributed by atoms with van der Waals surface area (Å²) in [6.07, 6.45) is -5.37. The Morgan fingerprint density at radius 2 is 1.83 bits per heavy atom. The minimum atomic E-state index is -4.30. The lowest BCUT2D eigenvalue weighted by atomic mass is 10.1. The first-order valence-electron chi connectivity index (χ1n) is 8.63. The number of ether oxygens (including phenoxy) is 1. The number of aromatic carboxylic acids is 1. The second-order valence-electron chi connectivity index (χ2n) is 6.36. The molecule has 1 aromatic heterocycles. The Kier molecular flexibility index (Phi) is 6.28. The molecule has 3 aromatic rings. The van der Waals surface area contributed by atoms with Gasteiger partial charge in [0.05, 0.1) is 35.4 Å². The monoisotopic (exact) mass is 457 g/mol. The maximum Gasteiger partial charge on any atom is 0.392 e. The van der Waals surface area contributed by atoms with E-state index in [1.807, 2.05) is 0 Å². The Hall–Kier alpha value is -2.71. The van der Waals surface area contributed by atoms with Crippen LogP contribution in [-0.2, 0) is 0 Å². The Labute approximate surface area is 179 Å². The SMILES string of the molecule is Cc1c(C(=O)[O-])nn(-c2ccc(Cl)cc2Cl)c1-c1ccc(OCCC(F)(F)F)cc1. The summed E-state index contributed by atoms with van der Waals surface area (Å²) in [6, 6.07) is 10.8. The van der Waals surface area contributed by atoms with Crippen molar-refractivity contribution in [3.05, 3.63) is 63.8 Å². The lowest BCUT2D eigenvalue weighted by molar-refractivity contribution is -0.255. The van der Waals surface area contributed by atoms with Crippen LogP contribution in [0.15, 0.2) is 42.5 Å². The highest BCUT2D eigenvalue weighted by Gasteiger charge is 2.27. The molecule has 0 unspecified atom stereocenters. The summed E-state index contributed by atoms with van der Waals surface area (Å²) >= 11 is 12.2. The van der Waals surface area contributed by atoms with Gasteiger partial charge in [-0.2, -0.15) is 18.3 Å². The molecule has 0 aliphatic heterocycles. The van der Waals surface area contributed by atoms with Crippen molar-refractivity contribution in [2.45, 2.75) is 19.5 Å². The van der Waals surface area contributed by atoms with E-state index in [9.17, 15) is 23.1 Å². The maximum atomic E-state index is 12.3. The topological polar surface area (TPSA) is 67.2 Å². The second-order valence-corrected chi connectivity index (χ2v) is 7.20. The third-order valence-electron chi connectivity index (χ3n) is 4.24. The van der Waals surface area contributed by atoms with E-state index in [4.69, 9.17) is 27.9 Å². The van der Waals surface area contributed by atoms with Crippen LogP contribution in [0.25, 0.3) is 16.9 Å². The van der Waals surface area contributed by atoms with Gasteiger partial charge in [0.15, 0.2) is 0 Å². The largest absolute Gasteiger partial charge is 0.543 e. The van der Waals surface area contributed by atoms with Gasteiger partial charge < -0.3 is 14.6 Å². The molecular formula is C20H14Cl2F3N2O3-. The van der Waals surface area contributed by atoms with Crippen LogP contribution in [0, 0.1) is 6.92 Å². The van der Waals surface area contributed by atoms with Crippen LogP contribution >= 0.6 is 23.2 Å². The van der Waals surface area contributed by atoms with E-state index in [1.54, 1.807) is 31.2 Å². The molecule has 0 amide bonds. The van der Waals surface area contributed by atoms with E-state index in [0.717, 1.165) is 0 Å². The van der Waals surface area contributed by atoms with Crippen LogP contribution in [-0.4, -0.2) is 28.5 Å². The number of benzene rings is 2. The molecule has 1 heterocycles. The summed E-state index contributed by atoms with van der Waals surface area (Å²) in [7, 11) is 0. The minimum Gasteiger partial charge on any atom is -0.543 e. The molecule has 0 bridgehead atoms. The first-order valence-corrected chi connectivity index (χ1v) is 9.39. The Morgan fingerprint density at radius 3 is 2.40 bits per heavy atom. The van der Waals surface area contributed by atoms with Crippen molar-refractivity contribution in [1.82, 2.24) is 9.78 Å². The number of carboxylic acids is 1. The second kappa shape index (κ2) is 8.57. The van der Waals surface area contributed by atoms with E-state index in [0.29, 0.717) is 27.5 Å². The van der Waals surface area contributed by atoms with Crippen LogP contribution in [0.2, 0.25) is 10.0 Å². The summed E-state index contributed by atoms with van der Waals surface area (Å²) in [6.45, 7) is 1.07. The van der Waals surface area contributed by atoms with Gasteiger partial charge >= 0.3 is 6.18 Å². The maximum absolute atomic E-state index is 12.3. The molecule has 5 nitrogen and oxygen atoms in total. The average molecular weight is 458 g/mol. The van der Waals surface area contributed by atoms with Crippen LogP contribution < -0.4 is 9.84 Å². The molecule has 30 heavy (non-hydrogen) atoms. The third-order valence-corrected chi connectivity index (χ3v) is 4.77. The zero-order chi connectivity index (χ0) is 22.1. The van der Waals surface area contributed by atoms with Gasteiger partial charge in [-0.1, -0.05) is 23.2 Å². The van der Waals surface area contributed by atoms with E-state index < -0.39 is 25.2 Å². The highest BCUT2D eigenvalue weighted by molar-refractivity contribution is 6.35. The molecule has 2 aromatic carbocycles. The highest BCUT2D eigenvalue weighted by Crippen LogP contribution is 2.33. The average Bonchev–Trinajstić information content (AvgIpc) is 2.98. The lowest BCUT2D eigenvalue weighted by Gasteiger charge is -2.12. The van der Waals surface area contributed by atoms with Crippen molar-refractivity contribution in [3.63, 3.8) is 0 Å². The van der Waals surface area contributed by atoms with Gasteiger partial charge in [-0.25, -0.2) is 4.68 Å². The fourth-order valence-corrected chi connectivity index (χ4v) is 3.34. The van der Waals surface area contributed by atoms with Crippen LogP contribution in [0.5, 0.6) is 5.75 Å². The fraction of sp³-hybridized carbons (Fsp3) is 0.200. The van der Waals surface area contributed by atoms with E-state index in [2.05, 4.69) is 5.10 Å². The zero-order valence-corrected chi connectivity index (χ0v) is 17.0. The summed E-state index contributed by atoms with van der Waals surface area (Å²) in [5, 5.41) is 16.3. The number of aromatic nitrogens is 2. The Morgan fingerprint density at radius 1 is 1.17 bits per heavy atom. The van der Waals surface area contributed by atoms with E-state index in [1.165, 1.54) is 22.9 Å². The molecule has 0 saturated carbocycles. The number of carbonyl (C=O) groups excluding carboxylic acids is 1. The van der Waals surface area contributed by atoms with Gasteiger partial charge in [0, 0.05) is 16.1 Å². The predicted octanol–water partition coefficient (Wildman–Crippen LogP) is 4.85. The molecule has 10 heteroatoms. The normalized spacial score (nSPS) is 11.5. The van der Waals surface area contributed by atoms with Gasteiger partial charge in [-0.3, -0.25) is 0 Å². The van der Waals surface area contributed by atoms with Crippen LogP contribution in [0.4, 0.5) is 13.2 Å². The summed E-state index contributed by atoms with van der Waals surface area (Å²) in [4.78, 5) is 11.5. The number of carboxylic acid groups (broad SMARTS) is 1. The standard InChI is InChI=1S/C20H15Cl2F3N2O3/c1-11-17(19(28)29)26-27(16-7-4-13(21)10-15(16)22)18(11)12-2-5-14(6-3-12)30-9-8-20(23,24)25/h2-7,10H,8-9H2,1H3,(H,28,29)/p-1. The molecule has 0 saturated heterocycles. The third kappa shape index (κ3) is 4.88. The Balaban J connectivity index is 1.99. The number of carbonyl (C=O) groups is 1. The number of rotatable bonds is 6. The summed E-state index contributed by atoms with van der Waals surface area (Å²) in [5.74, 6) is -1.21. The summed E-state index contributed by atoms with van der Waals surface area (Å²) < 4.78 is 43.2. The van der Waals surface area contributed by atoms with Crippen LogP contribution in [0.1, 0.15) is 22.5 Å². The molecule has 0 spiro atoms. The number of alkyl halides is 3. The van der Waals surface area contributed by atoms with Gasteiger partial charge in [-0.05, 0) is 49.4 Å². The molecule has 0 N–H and O–H groups in total. The van der Waals surface area contributed by atoms with E-state index in [-0.39, 0.29) is 16.5 Å².